The van der Waals surface area contributed by atoms with Gasteiger partial charge in [-0.25, -0.2) is 0 Å². The summed E-state index contributed by atoms with van der Waals surface area (Å²) in [4.78, 5) is 2.75. The van der Waals surface area contributed by atoms with Gasteiger partial charge >= 0.3 is 0 Å². The standard InChI is InChI=1S/C18H25NOS/c1-12-7-8-13(11-14(12)20-6)17(19-5)15-9-10-16(21-15)18(2,3)4/h7-11,17,19H,1-6H3. The molecule has 1 atom stereocenters. The van der Waals surface area contributed by atoms with Crippen LogP contribution in [-0.4, -0.2) is 14.2 Å². The minimum absolute atomic E-state index is 0.201. The van der Waals surface area contributed by atoms with Crippen LogP contribution in [0.4, 0.5) is 0 Å². The van der Waals surface area contributed by atoms with Crippen LogP contribution in [0.15, 0.2) is 30.3 Å². The number of rotatable bonds is 4. The average molecular weight is 303 g/mol. The molecule has 21 heavy (non-hydrogen) atoms. The molecular weight excluding hydrogens is 278 g/mol. The van der Waals surface area contributed by atoms with Crippen LogP contribution in [0.25, 0.3) is 0 Å². The smallest absolute Gasteiger partial charge is 0.122 e. The first kappa shape index (κ1) is 16.1. The summed E-state index contributed by atoms with van der Waals surface area (Å²) in [5.41, 5.74) is 2.60. The molecule has 2 aromatic rings. The summed E-state index contributed by atoms with van der Waals surface area (Å²) in [6, 6.07) is 11.1. The first-order chi connectivity index (χ1) is 9.86. The van der Waals surface area contributed by atoms with Crippen molar-refractivity contribution in [1.29, 1.82) is 0 Å². The summed E-state index contributed by atoms with van der Waals surface area (Å²) < 4.78 is 5.45. The lowest BCUT2D eigenvalue weighted by Gasteiger charge is -2.18. The third kappa shape index (κ3) is 3.47. The summed E-state index contributed by atoms with van der Waals surface area (Å²) in [6.07, 6.45) is 0. The first-order valence-corrected chi connectivity index (χ1v) is 8.10. The second-order valence-electron chi connectivity index (χ2n) is 6.40. The van der Waals surface area contributed by atoms with Gasteiger partial charge in [-0.2, -0.15) is 0 Å². The Labute approximate surface area is 132 Å². The van der Waals surface area contributed by atoms with E-state index in [4.69, 9.17) is 4.74 Å². The van der Waals surface area contributed by atoms with Crippen molar-refractivity contribution >= 4 is 11.3 Å². The molecule has 0 saturated carbocycles. The maximum atomic E-state index is 5.45. The maximum Gasteiger partial charge on any atom is 0.122 e. The van der Waals surface area contributed by atoms with E-state index in [0.29, 0.717) is 0 Å². The third-order valence-electron chi connectivity index (χ3n) is 3.70. The molecule has 0 saturated heterocycles. The Hall–Kier alpha value is -1.32. The minimum Gasteiger partial charge on any atom is -0.496 e. The highest BCUT2D eigenvalue weighted by molar-refractivity contribution is 7.12. The normalized spacial score (nSPS) is 13.2. The SMILES string of the molecule is CNC(c1ccc(C)c(OC)c1)c1ccc(C(C)(C)C)s1. The van der Waals surface area contributed by atoms with E-state index >= 15 is 0 Å². The molecule has 0 radical (unpaired) electrons. The molecule has 0 bridgehead atoms. The Bertz CT molecular complexity index is 610. The Morgan fingerprint density at radius 2 is 1.86 bits per heavy atom. The predicted octanol–water partition coefficient (Wildman–Crippen LogP) is 4.67. The number of nitrogens with one attached hydrogen (secondary N) is 1. The highest BCUT2D eigenvalue weighted by atomic mass is 32.1. The van der Waals surface area contributed by atoms with Crippen molar-refractivity contribution in [2.75, 3.05) is 14.2 Å². The molecule has 1 unspecified atom stereocenters. The number of thiophene rings is 1. The lowest BCUT2D eigenvalue weighted by molar-refractivity contribution is 0.410. The lowest BCUT2D eigenvalue weighted by Crippen LogP contribution is -2.16. The van der Waals surface area contributed by atoms with Crippen LogP contribution < -0.4 is 10.1 Å². The molecular formula is C18H25NOS. The topological polar surface area (TPSA) is 21.3 Å². The number of aryl methyl sites for hydroxylation is 1. The van der Waals surface area contributed by atoms with Crippen molar-refractivity contribution in [2.24, 2.45) is 0 Å². The number of hydrogen-bond donors (Lipinski definition) is 1. The van der Waals surface area contributed by atoms with Gasteiger partial charge in [-0.1, -0.05) is 32.9 Å². The van der Waals surface area contributed by atoms with Crippen LogP contribution in [0.1, 0.15) is 47.7 Å². The van der Waals surface area contributed by atoms with Gasteiger partial charge in [-0.15, -0.1) is 11.3 Å². The van der Waals surface area contributed by atoms with Crippen LogP contribution in [0, 0.1) is 6.92 Å². The lowest BCUT2D eigenvalue weighted by atomic mass is 9.95. The zero-order valence-electron chi connectivity index (χ0n) is 13.8. The zero-order chi connectivity index (χ0) is 15.6. The van der Waals surface area contributed by atoms with Gasteiger partial charge in [0.2, 0.25) is 0 Å². The largest absolute Gasteiger partial charge is 0.496 e. The maximum absolute atomic E-state index is 5.45. The molecule has 1 aromatic carbocycles. The molecule has 0 aliphatic rings. The summed E-state index contributed by atoms with van der Waals surface area (Å²) >= 11 is 1.88. The zero-order valence-corrected chi connectivity index (χ0v) is 14.6. The fourth-order valence-corrected chi connectivity index (χ4v) is 3.60. The fraction of sp³-hybridized carbons (Fsp3) is 0.444. The van der Waals surface area contributed by atoms with Crippen LogP contribution in [0.5, 0.6) is 5.75 Å². The molecule has 0 aliphatic heterocycles. The van der Waals surface area contributed by atoms with Crippen molar-refractivity contribution < 1.29 is 4.74 Å². The molecule has 114 valence electrons. The molecule has 0 aliphatic carbocycles. The first-order valence-electron chi connectivity index (χ1n) is 7.29. The quantitative estimate of drug-likeness (QED) is 0.886. The summed E-state index contributed by atoms with van der Waals surface area (Å²) in [5.74, 6) is 0.945. The van der Waals surface area contributed by atoms with Crippen molar-refractivity contribution in [3.8, 4) is 5.75 Å². The van der Waals surface area contributed by atoms with Crippen molar-refractivity contribution in [3.63, 3.8) is 0 Å². The van der Waals surface area contributed by atoms with E-state index in [1.54, 1.807) is 7.11 Å². The van der Waals surface area contributed by atoms with Gasteiger partial charge in [0, 0.05) is 9.75 Å². The Morgan fingerprint density at radius 3 is 2.38 bits per heavy atom. The summed E-state index contributed by atoms with van der Waals surface area (Å²) in [6.45, 7) is 8.84. The van der Waals surface area contributed by atoms with Crippen LogP contribution in [-0.2, 0) is 5.41 Å². The highest BCUT2D eigenvalue weighted by Crippen LogP contribution is 2.35. The second-order valence-corrected chi connectivity index (χ2v) is 7.52. The van der Waals surface area contributed by atoms with Gasteiger partial charge in [0.15, 0.2) is 0 Å². The molecule has 0 fully saturated rings. The number of hydrogen-bond acceptors (Lipinski definition) is 3. The van der Waals surface area contributed by atoms with Gasteiger partial charge in [0.1, 0.15) is 5.75 Å². The van der Waals surface area contributed by atoms with E-state index in [1.165, 1.54) is 15.3 Å². The molecule has 2 rings (SSSR count). The molecule has 0 amide bonds. The van der Waals surface area contributed by atoms with Crippen molar-refractivity contribution in [3.05, 3.63) is 51.2 Å². The Morgan fingerprint density at radius 1 is 1.14 bits per heavy atom. The number of methoxy groups -OCH3 is 1. The Kier molecular flexibility index (Phi) is 4.74. The second kappa shape index (κ2) is 6.20. The van der Waals surface area contributed by atoms with Gasteiger partial charge in [-0.3, -0.25) is 0 Å². The average Bonchev–Trinajstić information content (AvgIpc) is 2.91. The monoisotopic (exact) mass is 303 g/mol. The van der Waals surface area contributed by atoms with Gasteiger partial charge < -0.3 is 10.1 Å². The molecule has 0 spiro atoms. The molecule has 1 heterocycles. The Balaban J connectivity index is 2.38. The van der Waals surface area contributed by atoms with Gasteiger partial charge in [0.25, 0.3) is 0 Å². The fourth-order valence-electron chi connectivity index (χ4n) is 2.40. The van der Waals surface area contributed by atoms with E-state index in [0.717, 1.165) is 11.3 Å². The van der Waals surface area contributed by atoms with Crippen LogP contribution >= 0.6 is 11.3 Å². The van der Waals surface area contributed by atoms with Crippen molar-refractivity contribution in [2.45, 2.75) is 39.2 Å². The minimum atomic E-state index is 0.201. The van der Waals surface area contributed by atoms with E-state index in [9.17, 15) is 0 Å². The van der Waals surface area contributed by atoms with E-state index in [2.05, 4.69) is 63.3 Å². The molecule has 1 aromatic heterocycles. The molecule has 2 nitrogen and oxygen atoms in total. The highest BCUT2D eigenvalue weighted by Gasteiger charge is 2.20. The van der Waals surface area contributed by atoms with Crippen LogP contribution in [0.3, 0.4) is 0 Å². The third-order valence-corrected chi connectivity index (χ3v) is 5.28. The van der Waals surface area contributed by atoms with Crippen molar-refractivity contribution in [1.82, 2.24) is 5.32 Å². The van der Waals surface area contributed by atoms with E-state index in [-0.39, 0.29) is 11.5 Å². The summed E-state index contributed by atoms with van der Waals surface area (Å²) in [5, 5.41) is 3.43. The number of ether oxygens (including phenoxy) is 1. The van der Waals surface area contributed by atoms with E-state index < -0.39 is 0 Å². The molecule has 1 N–H and O–H groups in total. The molecule has 3 heteroatoms. The predicted molar refractivity (Wildman–Crippen MR) is 91.7 cm³/mol. The van der Waals surface area contributed by atoms with E-state index in [1.807, 2.05) is 18.4 Å². The van der Waals surface area contributed by atoms with Crippen LogP contribution in [0.2, 0.25) is 0 Å². The number of benzene rings is 1. The van der Waals surface area contributed by atoms with Gasteiger partial charge in [0.05, 0.1) is 13.2 Å². The van der Waals surface area contributed by atoms with Gasteiger partial charge in [-0.05, 0) is 48.7 Å². The summed E-state index contributed by atoms with van der Waals surface area (Å²) in [7, 11) is 3.73.